The molecule has 1 heterocycles. The predicted octanol–water partition coefficient (Wildman–Crippen LogP) is 0.901. The number of anilines is 1. The maximum atomic E-state index is 11.1. The van der Waals surface area contributed by atoms with Gasteiger partial charge < -0.3 is 10.6 Å². The highest BCUT2D eigenvalue weighted by atomic mass is 16.1. The van der Waals surface area contributed by atoms with Gasteiger partial charge in [-0.25, -0.2) is 0 Å². The molecule has 13 heavy (non-hydrogen) atoms. The number of nitrogens with one attached hydrogen (secondary N) is 2. The monoisotopic (exact) mass is 176 g/mol. The van der Waals surface area contributed by atoms with E-state index in [0.717, 1.165) is 11.3 Å². The first-order valence-corrected chi connectivity index (χ1v) is 4.36. The van der Waals surface area contributed by atoms with E-state index in [1.807, 2.05) is 25.2 Å². The number of rotatable bonds is 1. The Bertz CT molecular complexity index is 347. The average molecular weight is 176 g/mol. The van der Waals surface area contributed by atoms with Crippen molar-refractivity contribution in [1.29, 1.82) is 0 Å². The first-order valence-electron chi connectivity index (χ1n) is 4.36. The van der Waals surface area contributed by atoms with E-state index >= 15 is 0 Å². The fourth-order valence-corrected chi connectivity index (χ4v) is 1.67. The van der Waals surface area contributed by atoms with Crippen LogP contribution in [0.25, 0.3) is 0 Å². The van der Waals surface area contributed by atoms with Gasteiger partial charge in [0, 0.05) is 19.3 Å². The van der Waals surface area contributed by atoms with E-state index in [1.54, 1.807) is 0 Å². The lowest BCUT2D eigenvalue weighted by molar-refractivity contribution is -0.121. The molecule has 0 saturated carbocycles. The molecule has 3 nitrogen and oxygen atoms in total. The van der Waals surface area contributed by atoms with Crippen LogP contribution >= 0.6 is 0 Å². The SMILES string of the molecule is CNc1cccc2c1CNC(=O)C2. The van der Waals surface area contributed by atoms with Gasteiger partial charge in [0.25, 0.3) is 0 Å². The number of carbonyl (C=O) groups is 1. The molecule has 0 fully saturated rings. The van der Waals surface area contributed by atoms with Gasteiger partial charge in [0.05, 0.1) is 6.42 Å². The second kappa shape index (κ2) is 3.09. The molecule has 0 aromatic heterocycles. The van der Waals surface area contributed by atoms with Crippen LogP contribution in [0.15, 0.2) is 18.2 Å². The fourth-order valence-electron chi connectivity index (χ4n) is 1.67. The van der Waals surface area contributed by atoms with Gasteiger partial charge >= 0.3 is 0 Å². The van der Waals surface area contributed by atoms with Gasteiger partial charge in [-0.05, 0) is 17.2 Å². The molecule has 0 radical (unpaired) electrons. The van der Waals surface area contributed by atoms with Crippen molar-refractivity contribution in [2.75, 3.05) is 12.4 Å². The van der Waals surface area contributed by atoms with Crippen molar-refractivity contribution in [3.05, 3.63) is 29.3 Å². The zero-order valence-corrected chi connectivity index (χ0v) is 7.55. The van der Waals surface area contributed by atoms with Gasteiger partial charge in [0.2, 0.25) is 5.91 Å². The van der Waals surface area contributed by atoms with Crippen molar-refractivity contribution in [3.63, 3.8) is 0 Å². The molecule has 1 aromatic carbocycles. The highest BCUT2D eigenvalue weighted by Crippen LogP contribution is 2.22. The maximum Gasteiger partial charge on any atom is 0.224 e. The third kappa shape index (κ3) is 1.37. The number of carbonyl (C=O) groups excluding carboxylic acids is 1. The lowest BCUT2D eigenvalue weighted by Crippen LogP contribution is -2.30. The third-order valence-corrected chi connectivity index (χ3v) is 2.36. The Hall–Kier alpha value is -1.51. The number of hydrogen-bond donors (Lipinski definition) is 2. The normalized spacial score (nSPS) is 14.7. The summed E-state index contributed by atoms with van der Waals surface area (Å²) in [7, 11) is 1.89. The largest absolute Gasteiger partial charge is 0.388 e. The molecule has 1 aromatic rings. The van der Waals surface area contributed by atoms with Gasteiger partial charge in [-0.1, -0.05) is 12.1 Å². The second-order valence-electron chi connectivity index (χ2n) is 3.15. The molecule has 0 aliphatic carbocycles. The van der Waals surface area contributed by atoms with Gasteiger partial charge in [0.1, 0.15) is 0 Å². The van der Waals surface area contributed by atoms with E-state index in [-0.39, 0.29) is 5.91 Å². The quantitative estimate of drug-likeness (QED) is 0.667. The van der Waals surface area contributed by atoms with Crippen molar-refractivity contribution in [1.82, 2.24) is 5.32 Å². The van der Waals surface area contributed by atoms with Crippen LogP contribution in [0.2, 0.25) is 0 Å². The van der Waals surface area contributed by atoms with Gasteiger partial charge in [-0.3, -0.25) is 4.79 Å². The van der Waals surface area contributed by atoms with Crippen molar-refractivity contribution < 1.29 is 4.79 Å². The van der Waals surface area contributed by atoms with Crippen molar-refractivity contribution in [2.24, 2.45) is 0 Å². The van der Waals surface area contributed by atoms with E-state index < -0.39 is 0 Å². The van der Waals surface area contributed by atoms with E-state index in [0.29, 0.717) is 13.0 Å². The molecule has 1 amide bonds. The Balaban J connectivity index is 2.45. The summed E-state index contributed by atoms with van der Waals surface area (Å²) < 4.78 is 0. The Labute approximate surface area is 77.1 Å². The van der Waals surface area contributed by atoms with Gasteiger partial charge in [-0.2, -0.15) is 0 Å². The van der Waals surface area contributed by atoms with Crippen molar-refractivity contribution in [3.8, 4) is 0 Å². The molecule has 0 atom stereocenters. The number of amides is 1. The smallest absolute Gasteiger partial charge is 0.224 e. The minimum Gasteiger partial charge on any atom is -0.388 e. The van der Waals surface area contributed by atoms with Gasteiger partial charge in [0.15, 0.2) is 0 Å². The van der Waals surface area contributed by atoms with Gasteiger partial charge in [-0.15, -0.1) is 0 Å². The van der Waals surface area contributed by atoms with Crippen LogP contribution in [0.1, 0.15) is 11.1 Å². The topological polar surface area (TPSA) is 41.1 Å². The lowest BCUT2D eigenvalue weighted by Gasteiger charge is -2.19. The molecule has 2 N–H and O–H groups in total. The molecule has 1 aliphatic rings. The summed E-state index contributed by atoms with van der Waals surface area (Å²) in [5.41, 5.74) is 3.46. The molecule has 2 rings (SSSR count). The summed E-state index contributed by atoms with van der Waals surface area (Å²) in [6, 6.07) is 6.01. The highest BCUT2D eigenvalue weighted by Gasteiger charge is 2.16. The minimum absolute atomic E-state index is 0.112. The van der Waals surface area contributed by atoms with Crippen LogP contribution in [-0.2, 0) is 17.8 Å². The van der Waals surface area contributed by atoms with Crippen molar-refractivity contribution in [2.45, 2.75) is 13.0 Å². The summed E-state index contributed by atoms with van der Waals surface area (Å²) >= 11 is 0. The Morgan fingerprint density at radius 1 is 1.46 bits per heavy atom. The summed E-state index contributed by atoms with van der Waals surface area (Å²) in [4.78, 5) is 11.1. The Morgan fingerprint density at radius 3 is 3.08 bits per heavy atom. The molecular weight excluding hydrogens is 164 g/mol. The zero-order valence-electron chi connectivity index (χ0n) is 7.55. The summed E-state index contributed by atoms with van der Waals surface area (Å²) in [6.45, 7) is 0.644. The summed E-state index contributed by atoms with van der Waals surface area (Å²) in [5.74, 6) is 0.112. The van der Waals surface area contributed by atoms with Crippen LogP contribution in [0.5, 0.6) is 0 Å². The van der Waals surface area contributed by atoms with Crippen LogP contribution in [0.3, 0.4) is 0 Å². The molecular formula is C10H12N2O. The van der Waals surface area contributed by atoms with Crippen LogP contribution in [0.4, 0.5) is 5.69 Å². The first kappa shape index (κ1) is 8.10. The van der Waals surface area contributed by atoms with Crippen LogP contribution in [-0.4, -0.2) is 13.0 Å². The highest BCUT2D eigenvalue weighted by molar-refractivity contribution is 5.82. The van der Waals surface area contributed by atoms with E-state index in [4.69, 9.17) is 0 Å². The summed E-state index contributed by atoms with van der Waals surface area (Å²) in [6.07, 6.45) is 0.505. The number of hydrogen-bond acceptors (Lipinski definition) is 2. The van der Waals surface area contributed by atoms with Crippen molar-refractivity contribution >= 4 is 11.6 Å². The summed E-state index contributed by atoms with van der Waals surface area (Å²) in [5, 5.41) is 5.95. The van der Waals surface area contributed by atoms with E-state index in [2.05, 4.69) is 10.6 Å². The van der Waals surface area contributed by atoms with Crippen LogP contribution < -0.4 is 10.6 Å². The van der Waals surface area contributed by atoms with E-state index in [1.165, 1.54) is 5.56 Å². The Kier molecular flexibility index (Phi) is 1.93. The molecule has 3 heteroatoms. The molecule has 0 unspecified atom stereocenters. The molecule has 68 valence electrons. The molecule has 0 bridgehead atoms. The number of benzene rings is 1. The molecule has 0 saturated heterocycles. The lowest BCUT2D eigenvalue weighted by atomic mass is 9.99. The zero-order chi connectivity index (χ0) is 9.26. The predicted molar refractivity (Wildman–Crippen MR) is 51.5 cm³/mol. The fraction of sp³-hybridized carbons (Fsp3) is 0.300. The second-order valence-corrected chi connectivity index (χ2v) is 3.15. The number of fused-ring (bicyclic) bond motifs is 1. The van der Waals surface area contributed by atoms with E-state index in [9.17, 15) is 4.79 Å². The standard InChI is InChI=1S/C10H12N2O/c1-11-9-4-2-3-7-5-10(13)12-6-8(7)9/h2-4,11H,5-6H2,1H3,(H,12,13). The molecule has 1 aliphatic heterocycles. The van der Waals surface area contributed by atoms with Crippen LogP contribution in [0, 0.1) is 0 Å². The Morgan fingerprint density at radius 2 is 2.31 bits per heavy atom. The first-order chi connectivity index (χ1) is 6.31. The molecule has 0 spiro atoms. The third-order valence-electron chi connectivity index (χ3n) is 2.36. The maximum absolute atomic E-state index is 11.1. The average Bonchev–Trinajstić information content (AvgIpc) is 2.16. The minimum atomic E-state index is 0.112.